The number of fused-ring (bicyclic) bond motifs is 3. The van der Waals surface area contributed by atoms with Crippen LogP contribution in [0.15, 0.2) is 58.4 Å². The topological polar surface area (TPSA) is 113 Å². The summed E-state index contributed by atoms with van der Waals surface area (Å²) in [5.41, 5.74) is 2.13. The summed E-state index contributed by atoms with van der Waals surface area (Å²) in [6.07, 6.45) is 8.87. The first-order valence-electron chi connectivity index (χ1n) is 16.7. The van der Waals surface area contributed by atoms with E-state index in [0.717, 1.165) is 61.7 Å². The molecule has 1 fully saturated rings. The number of aryl methyl sites for hydroxylation is 1. The molecule has 3 aliphatic rings. The molecule has 0 bridgehead atoms. The number of amides is 2. The van der Waals surface area contributed by atoms with Gasteiger partial charge in [-0.25, -0.2) is 4.99 Å². The van der Waals surface area contributed by atoms with Crippen molar-refractivity contribution in [2.45, 2.75) is 81.8 Å². The van der Waals surface area contributed by atoms with Gasteiger partial charge in [-0.3, -0.25) is 9.59 Å². The molecule has 11 heteroatoms. The fourth-order valence-electron chi connectivity index (χ4n) is 7.11. The fraction of sp³-hybridized carbons (Fsp3) is 0.541. The van der Waals surface area contributed by atoms with Crippen LogP contribution in [-0.4, -0.2) is 68.2 Å². The summed E-state index contributed by atoms with van der Waals surface area (Å²) in [5.74, 6) is 0.398. The van der Waals surface area contributed by atoms with Crippen LogP contribution in [0.4, 0.5) is 5.69 Å². The third-order valence-electron chi connectivity index (χ3n) is 10.1. The highest BCUT2D eigenvalue weighted by Crippen LogP contribution is 2.47. The SMILES string of the molecule is C=NC(=O)C(C)(C)OC/C=C/[C@H](OC)[C@@H]1CC[C@H]1CN1C[C@@]2(CCCc3cc(Cl)ccc32)COc2ccc([S+]([O-])NC(=O)C(C)C)cc21. The normalized spacial score (nSPS) is 23.5. The van der Waals surface area contributed by atoms with Crippen molar-refractivity contribution in [3.05, 3.63) is 64.7 Å². The Kier molecular flexibility index (Phi) is 11.6. The van der Waals surface area contributed by atoms with E-state index < -0.39 is 22.9 Å². The average molecular weight is 698 g/mol. The summed E-state index contributed by atoms with van der Waals surface area (Å²) in [7, 11) is 1.72. The van der Waals surface area contributed by atoms with E-state index in [4.69, 9.17) is 25.8 Å². The van der Waals surface area contributed by atoms with Crippen molar-refractivity contribution in [1.29, 1.82) is 0 Å². The Hall–Kier alpha value is -2.89. The quantitative estimate of drug-likeness (QED) is 0.159. The highest BCUT2D eigenvalue weighted by atomic mass is 35.5. The first-order chi connectivity index (χ1) is 22.9. The van der Waals surface area contributed by atoms with Crippen LogP contribution in [0, 0.1) is 17.8 Å². The second-order valence-corrected chi connectivity index (χ2v) is 15.7. The van der Waals surface area contributed by atoms with Crippen molar-refractivity contribution in [2.75, 3.05) is 38.3 Å². The average Bonchev–Trinajstić information content (AvgIpc) is 3.20. The number of benzene rings is 2. The van der Waals surface area contributed by atoms with Gasteiger partial charge < -0.3 is 23.7 Å². The lowest BCUT2D eigenvalue weighted by molar-refractivity contribution is -0.137. The molecule has 0 radical (unpaired) electrons. The van der Waals surface area contributed by atoms with Crippen LogP contribution in [0.1, 0.15) is 64.5 Å². The molecule has 1 aliphatic heterocycles. The number of halogens is 1. The van der Waals surface area contributed by atoms with Crippen LogP contribution in [0.2, 0.25) is 5.02 Å². The highest BCUT2D eigenvalue weighted by molar-refractivity contribution is 7.90. The molecule has 1 saturated carbocycles. The molecule has 0 aromatic heterocycles. The fourth-order valence-corrected chi connectivity index (χ4v) is 8.25. The number of rotatable bonds is 12. The van der Waals surface area contributed by atoms with Crippen LogP contribution >= 0.6 is 11.6 Å². The standard InChI is InChI=1S/C37H48ClN3O6S/c1-24(2)34(42)40-48(44)28-13-16-33-31(20-28)41(22-37(23-46-33)17-7-9-25-19-27(38)12-15-30(25)37)21-26-11-14-29(26)32(45-6)10-8-18-47-36(3,4)35(43)39-5/h8,10,12-13,15-16,19-20,24,26,29,32H,5,7,9,11,14,17-18,21-23H2,1-4,6H3,(H,40,42)/b10-8+/t26-,29+,32-,37-,48?/m0/s1. The summed E-state index contributed by atoms with van der Waals surface area (Å²) in [6, 6.07) is 11.8. The van der Waals surface area contributed by atoms with Crippen molar-refractivity contribution in [1.82, 2.24) is 4.72 Å². The number of hydrogen-bond donors (Lipinski definition) is 1. The summed E-state index contributed by atoms with van der Waals surface area (Å²) in [6.45, 7) is 12.5. The summed E-state index contributed by atoms with van der Waals surface area (Å²) in [4.78, 5) is 30.8. The molecule has 48 heavy (non-hydrogen) atoms. The third kappa shape index (κ3) is 7.94. The first kappa shape index (κ1) is 36.4. The van der Waals surface area contributed by atoms with Crippen molar-refractivity contribution >= 4 is 47.2 Å². The Labute approximate surface area is 292 Å². The summed E-state index contributed by atoms with van der Waals surface area (Å²) < 4.78 is 34.3. The van der Waals surface area contributed by atoms with E-state index in [-0.39, 0.29) is 35.9 Å². The van der Waals surface area contributed by atoms with Crippen molar-refractivity contribution in [2.24, 2.45) is 22.7 Å². The van der Waals surface area contributed by atoms with Gasteiger partial charge >= 0.3 is 0 Å². The van der Waals surface area contributed by atoms with Gasteiger partial charge in [-0.15, -0.1) is 0 Å². The van der Waals surface area contributed by atoms with Crippen LogP contribution in [0.5, 0.6) is 5.75 Å². The largest absolute Gasteiger partial charge is 0.588 e. The summed E-state index contributed by atoms with van der Waals surface area (Å²) >= 11 is 4.73. The monoisotopic (exact) mass is 697 g/mol. The zero-order chi connectivity index (χ0) is 34.6. The van der Waals surface area contributed by atoms with Gasteiger partial charge in [-0.05, 0) is 99.9 Å². The molecule has 1 N–H and O–H groups in total. The Morgan fingerprint density at radius 1 is 1.27 bits per heavy atom. The molecule has 0 saturated heterocycles. The Balaban J connectivity index is 1.41. The molecular formula is C37H48ClN3O6S. The predicted molar refractivity (Wildman–Crippen MR) is 190 cm³/mol. The molecule has 2 aromatic rings. The molecule has 2 aromatic carbocycles. The zero-order valence-electron chi connectivity index (χ0n) is 28.6. The number of nitrogens with one attached hydrogen (secondary N) is 1. The molecule has 5 rings (SSSR count). The minimum Gasteiger partial charge on any atom is -0.588 e. The second-order valence-electron chi connectivity index (χ2n) is 14.0. The van der Waals surface area contributed by atoms with E-state index in [0.29, 0.717) is 17.4 Å². The van der Waals surface area contributed by atoms with Crippen LogP contribution in [0.25, 0.3) is 0 Å². The minimum absolute atomic E-state index is 0.122. The van der Waals surface area contributed by atoms with E-state index in [9.17, 15) is 14.1 Å². The molecule has 5 atom stereocenters. The third-order valence-corrected chi connectivity index (χ3v) is 11.4. The van der Waals surface area contributed by atoms with Gasteiger partial charge in [0.2, 0.25) is 0 Å². The van der Waals surface area contributed by atoms with E-state index >= 15 is 0 Å². The molecule has 1 unspecified atom stereocenters. The van der Waals surface area contributed by atoms with E-state index in [2.05, 4.69) is 33.5 Å². The number of ether oxygens (including phenoxy) is 3. The van der Waals surface area contributed by atoms with Gasteiger partial charge in [0.05, 0.1) is 25.0 Å². The van der Waals surface area contributed by atoms with Crippen molar-refractivity contribution in [3.8, 4) is 5.75 Å². The van der Waals surface area contributed by atoms with Gasteiger partial charge in [0.1, 0.15) is 22.7 Å². The lowest BCUT2D eigenvalue weighted by Crippen LogP contribution is -2.49. The number of nitrogens with zero attached hydrogens (tertiary/aromatic N) is 2. The van der Waals surface area contributed by atoms with Crippen molar-refractivity contribution in [3.63, 3.8) is 0 Å². The second kappa shape index (κ2) is 15.3. The Bertz CT molecular complexity index is 1530. The van der Waals surface area contributed by atoms with Gasteiger partial charge in [0.15, 0.2) is 4.90 Å². The van der Waals surface area contributed by atoms with Crippen LogP contribution < -0.4 is 14.4 Å². The lowest BCUT2D eigenvalue weighted by Gasteiger charge is -2.46. The lowest BCUT2D eigenvalue weighted by atomic mass is 9.68. The molecule has 2 aliphatic carbocycles. The van der Waals surface area contributed by atoms with Gasteiger partial charge in [0, 0.05) is 42.6 Å². The van der Waals surface area contributed by atoms with E-state index in [1.165, 1.54) is 11.1 Å². The van der Waals surface area contributed by atoms with Crippen molar-refractivity contribution < 1.29 is 28.4 Å². The van der Waals surface area contributed by atoms with E-state index in [1.54, 1.807) is 40.9 Å². The Morgan fingerprint density at radius 2 is 2.06 bits per heavy atom. The van der Waals surface area contributed by atoms with Gasteiger partial charge in [-0.2, -0.15) is 4.72 Å². The van der Waals surface area contributed by atoms with Gasteiger partial charge in [0.25, 0.3) is 11.8 Å². The number of hydrogen-bond acceptors (Lipinski definition) is 7. The smallest absolute Gasteiger partial charge is 0.276 e. The molecule has 1 spiro atoms. The first-order valence-corrected chi connectivity index (χ1v) is 18.3. The van der Waals surface area contributed by atoms with Crippen LogP contribution in [0.3, 0.4) is 0 Å². The summed E-state index contributed by atoms with van der Waals surface area (Å²) in [5, 5.41) is 0.741. The van der Waals surface area contributed by atoms with Crippen LogP contribution in [-0.2, 0) is 42.3 Å². The minimum atomic E-state index is -1.70. The van der Waals surface area contributed by atoms with E-state index in [1.807, 2.05) is 30.4 Å². The number of carbonyl (C=O) groups excluding carboxylic acids is 2. The maximum absolute atomic E-state index is 13.3. The number of methoxy groups -OCH3 is 1. The number of anilines is 1. The molecule has 1 heterocycles. The maximum Gasteiger partial charge on any atom is 0.276 e. The van der Waals surface area contributed by atoms with Gasteiger partial charge in [-0.1, -0.05) is 43.7 Å². The zero-order valence-corrected chi connectivity index (χ0v) is 30.2. The molecule has 9 nitrogen and oxygen atoms in total. The number of carbonyl (C=O) groups is 2. The highest BCUT2D eigenvalue weighted by Gasteiger charge is 2.44. The Morgan fingerprint density at radius 3 is 2.75 bits per heavy atom. The number of aliphatic imine (C=N–C) groups is 1. The molecular weight excluding hydrogens is 650 g/mol. The predicted octanol–water partition coefficient (Wildman–Crippen LogP) is 6.23. The molecule has 2 amide bonds. The maximum atomic E-state index is 13.3. The molecule has 260 valence electrons.